The van der Waals surface area contributed by atoms with Gasteiger partial charge in [0.2, 0.25) is 0 Å². The number of esters is 1. The van der Waals surface area contributed by atoms with Gasteiger partial charge in [-0.15, -0.1) is 0 Å². The molecule has 0 saturated carbocycles. The number of benzene rings is 4. The monoisotopic (exact) mass is 918 g/mol. The second-order valence-corrected chi connectivity index (χ2v) is 14.5. The normalized spacial score (nSPS) is 14.2. The lowest BCUT2D eigenvalue weighted by Crippen LogP contribution is -2.40. The van der Waals surface area contributed by atoms with Gasteiger partial charge in [0.1, 0.15) is 12.4 Å². The molecule has 4 aromatic carbocycles. The van der Waals surface area contributed by atoms with Crippen LogP contribution in [-0.4, -0.2) is 31.4 Å². The highest BCUT2D eigenvalue weighted by molar-refractivity contribution is 14.1. The van der Waals surface area contributed by atoms with Crippen LogP contribution in [0.25, 0.3) is 11.8 Å². The van der Waals surface area contributed by atoms with Gasteiger partial charge in [0.25, 0.3) is 5.56 Å². The molecular weight excluding hydrogens is 890 g/mol. The average Bonchev–Trinajstić information content (AvgIpc) is 3.41. The number of nitrogens with zero attached hydrogens (tertiary/aromatic N) is 2. The summed E-state index contributed by atoms with van der Waals surface area (Å²) in [4.78, 5) is 33.6. The van der Waals surface area contributed by atoms with E-state index in [1.807, 2.05) is 78.9 Å². The molecule has 0 aliphatic carbocycles. The molecule has 250 valence electrons. The van der Waals surface area contributed by atoms with E-state index in [0.29, 0.717) is 43.7 Å². The van der Waals surface area contributed by atoms with Crippen LogP contribution in [0, 0.1) is 7.14 Å². The molecule has 0 fully saturated rings. The molecule has 5 aromatic rings. The van der Waals surface area contributed by atoms with E-state index in [4.69, 9.17) is 35.5 Å². The molecule has 2 heterocycles. The fourth-order valence-electron chi connectivity index (χ4n) is 5.51. The average molecular weight is 919 g/mol. The summed E-state index contributed by atoms with van der Waals surface area (Å²) < 4.78 is 26.7. The van der Waals surface area contributed by atoms with Crippen molar-refractivity contribution in [3.63, 3.8) is 0 Å². The van der Waals surface area contributed by atoms with Crippen molar-refractivity contribution in [2.24, 2.45) is 4.99 Å². The van der Waals surface area contributed by atoms with Gasteiger partial charge in [0.15, 0.2) is 16.3 Å². The zero-order valence-corrected chi connectivity index (χ0v) is 32.4. The lowest BCUT2D eigenvalue weighted by atomic mass is 9.93. The van der Waals surface area contributed by atoms with Crippen LogP contribution in [0.4, 0.5) is 0 Å². The van der Waals surface area contributed by atoms with E-state index in [1.165, 1.54) is 11.3 Å². The molecule has 0 radical (unpaired) electrons. The van der Waals surface area contributed by atoms with Gasteiger partial charge in [-0.1, -0.05) is 71.5 Å². The van der Waals surface area contributed by atoms with Gasteiger partial charge in [-0.05, 0) is 111 Å². The summed E-state index contributed by atoms with van der Waals surface area (Å²) in [7, 11) is 3.10. The SMILES string of the molecule is CCOC(=O)C1=C(c2ccccc2)N=c2s/c(=C\c3cc(I)c(OCc4cccc(Cl)c4)c(I)c3)c(=O)n2[C@@H]1c1ccc(OC)c(OC)c1. The maximum absolute atomic E-state index is 14.4. The molecule has 8 nitrogen and oxygen atoms in total. The van der Waals surface area contributed by atoms with Crippen molar-refractivity contribution in [3.05, 3.63) is 145 Å². The molecule has 1 atom stereocenters. The van der Waals surface area contributed by atoms with Gasteiger partial charge < -0.3 is 18.9 Å². The Bertz CT molecular complexity index is 2250. The number of hydrogen-bond acceptors (Lipinski definition) is 8. The van der Waals surface area contributed by atoms with Crippen LogP contribution in [0.15, 0.2) is 100 Å². The Balaban J connectivity index is 1.50. The van der Waals surface area contributed by atoms with Crippen molar-refractivity contribution >= 4 is 85.9 Å². The molecule has 1 aliphatic heterocycles. The van der Waals surface area contributed by atoms with Crippen LogP contribution in [0.1, 0.15) is 35.2 Å². The van der Waals surface area contributed by atoms with Crippen molar-refractivity contribution in [2.45, 2.75) is 19.6 Å². The molecule has 1 aromatic heterocycles. The second-order valence-electron chi connectivity index (χ2n) is 10.8. The smallest absolute Gasteiger partial charge is 0.338 e. The summed E-state index contributed by atoms with van der Waals surface area (Å²) in [5, 5.41) is 0.654. The number of methoxy groups -OCH3 is 2. The maximum atomic E-state index is 14.4. The van der Waals surface area contributed by atoms with Gasteiger partial charge in [-0.3, -0.25) is 9.36 Å². The van der Waals surface area contributed by atoms with Crippen LogP contribution < -0.4 is 29.1 Å². The number of hydrogen-bond donors (Lipinski definition) is 0. The second kappa shape index (κ2) is 15.5. The first kappa shape index (κ1) is 35.2. The van der Waals surface area contributed by atoms with Gasteiger partial charge in [-0.2, -0.15) is 0 Å². The highest BCUT2D eigenvalue weighted by Crippen LogP contribution is 2.38. The van der Waals surface area contributed by atoms with Crippen LogP contribution in [-0.2, 0) is 16.1 Å². The zero-order chi connectivity index (χ0) is 34.7. The number of ether oxygens (including phenoxy) is 4. The van der Waals surface area contributed by atoms with E-state index in [-0.39, 0.29) is 17.7 Å². The van der Waals surface area contributed by atoms with Gasteiger partial charge in [0, 0.05) is 10.6 Å². The summed E-state index contributed by atoms with van der Waals surface area (Å²) in [5.74, 6) is 1.18. The third-order valence-corrected chi connectivity index (χ3v) is 10.5. The molecule has 0 bridgehead atoms. The summed E-state index contributed by atoms with van der Waals surface area (Å²) in [6.45, 7) is 2.27. The van der Waals surface area contributed by atoms with Crippen LogP contribution in [0.2, 0.25) is 5.02 Å². The Morgan fingerprint density at radius 1 is 0.959 bits per heavy atom. The molecule has 0 unspecified atom stereocenters. The van der Waals surface area contributed by atoms with Crippen LogP contribution >= 0.6 is 68.1 Å². The van der Waals surface area contributed by atoms with Crippen molar-refractivity contribution in [2.75, 3.05) is 20.8 Å². The first-order chi connectivity index (χ1) is 23.7. The lowest BCUT2D eigenvalue weighted by Gasteiger charge is -2.26. The molecular formula is C37H29ClI2N2O6S. The first-order valence-electron chi connectivity index (χ1n) is 15.1. The number of carbonyl (C=O) groups is 1. The van der Waals surface area contributed by atoms with Gasteiger partial charge in [-0.25, -0.2) is 9.79 Å². The number of halogens is 3. The summed E-state index contributed by atoms with van der Waals surface area (Å²) >= 11 is 11.9. The lowest BCUT2D eigenvalue weighted by molar-refractivity contribution is -0.138. The number of aromatic nitrogens is 1. The highest BCUT2D eigenvalue weighted by Gasteiger charge is 2.35. The Morgan fingerprint density at radius 2 is 1.69 bits per heavy atom. The Hall–Kier alpha value is -3.66. The van der Waals surface area contributed by atoms with E-state index in [0.717, 1.165) is 29.6 Å². The zero-order valence-electron chi connectivity index (χ0n) is 26.5. The standard InChI is InChI=1S/C37H29ClI2N2O6S/c1-4-47-36(44)31-32(23-10-6-5-7-11-23)41-37-42(33(31)24-13-14-28(45-2)29(19-24)46-3)35(43)30(49-37)18-22-16-26(39)34(27(40)17-22)48-20-21-9-8-12-25(38)15-21/h5-19,33H,4,20H2,1-3H3/b30-18-/t33-/m1/s1. The van der Waals surface area contributed by atoms with Crippen molar-refractivity contribution in [3.8, 4) is 17.2 Å². The van der Waals surface area contributed by atoms with E-state index < -0.39 is 12.0 Å². The molecule has 0 amide bonds. The minimum Gasteiger partial charge on any atom is -0.493 e. The number of thiazole rings is 1. The molecule has 0 N–H and O–H groups in total. The molecule has 49 heavy (non-hydrogen) atoms. The third-order valence-electron chi connectivity index (χ3n) is 7.69. The number of fused-ring (bicyclic) bond motifs is 1. The molecule has 1 aliphatic rings. The third kappa shape index (κ3) is 7.44. The predicted molar refractivity (Wildman–Crippen MR) is 208 cm³/mol. The maximum Gasteiger partial charge on any atom is 0.338 e. The number of rotatable bonds is 10. The van der Waals surface area contributed by atoms with Gasteiger partial charge in [0.05, 0.1) is 49.8 Å². The van der Waals surface area contributed by atoms with E-state index in [1.54, 1.807) is 37.8 Å². The molecule has 12 heteroatoms. The molecule has 6 rings (SSSR count). The number of carbonyl (C=O) groups excluding carboxylic acids is 1. The van der Waals surface area contributed by atoms with Crippen molar-refractivity contribution in [1.82, 2.24) is 4.57 Å². The quantitative estimate of drug-likeness (QED) is 0.107. The minimum atomic E-state index is -0.852. The molecule has 0 spiro atoms. The Kier molecular flexibility index (Phi) is 11.1. The Morgan fingerprint density at radius 3 is 2.37 bits per heavy atom. The topological polar surface area (TPSA) is 88.4 Å². The van der Waals surface area contributed by atoms with E-state index in [9.17, 15) is 9.59 Å². The summed E-state index contributed by atoms with van der Waals surface area (Å²) in [5.41, 5.74) is 3.56. The van der Waals surface area contributed by atoms with E-state index in [2.05, 4.69) is 45.2 Å². The predicted octanol–water partition coefficient (Wildman–Crippen LogP) is 7.39. The summed E-state index contributed by atoms with van der Waals surface area (Å²) in [6.07, 6.45) is 1.84. The van der Waals surface area contributed by atoms with Crippen LogP contribution in [0.5, 0.6) is 17.2 Å². The highest BCUT2D eigenvalue weighted by atomic mass is 127. The fourth-order valence-corrected chi connectivity index (χ4v) is 8.85. The van der Waals surface area contributed by atoms with Crippen molar-refractivity contribution < 1.29 is 23.7 Å². The van der Waals surface area contributed by atoms with Crippen molar-refractivity contribution in [1.29, 1.82) is 0 Å². The largest absolute Gasteiger partial charge is 0.493 e. The van der Waals surface area contributed by atoms with Gasteiger partial charge >= 0.3 is 5.97 Å². The van der Waals surface area contributed by atoms with Crippen LogP contribution in [0.3, 0.4) is 0 Å². The first-order valence-corrected chi connectivity index (χ1v) is 18.4. The molecule has 0 saturated heterocycles. The summed E-state index contributed by atoms with van der Waals surface area (Å²) in [6, 6.07) is 25.4. The minimum absolute atomic E-state index is 0.156. The fraction of sp³-hybridized carbons (Fsp3) is 0.162. The Labute approximate surface area is 318 Å². The van der Waals surface area contributed by atoms with E-state index >= 15 is 0 Å².